The second-order valence-corrected chi connectivity index (χ2v) is 6.52. The molecule has 4 nitrogen and oxygen atoms in total. The summed E-state index contributed by atoms with van der Waals surface area (Å²) in [4.78, 5) is 11.5. The fourth-order valence-electron chi connectivity index (χ4n) is 2.44. The molecule has 0 bridgehead atoms. The van der Waals surface area contributed by atoms with Crippen LogP contribution in [0, 0.1) is 12.8 Å². The summed E-state index contributed by atoms with van der Waals surface area (Å²) in [6, 6.07) is 6.06. The number of hydrogen-bond donors (Lipinski definition) is 1. The van der Waals surface area contributed by atoms with Crippen LogP contribution in [0.25, 0.3) is 11.3 Å². The van der Waals surface area contributed by atoms with Gasteiger partial charge in [0, 0.05) is 29.7 Å². The number of nitrogens with one attached hydrogen (secondary N) is 1. The Hall–Kier alpha value is -1.62. The topological polar surface area (TPSA) is 46.9 Å². The van der Waals surface area contributed by atoms with Gasteiger partial charge in [0.15, 0.2) is 0 Å². The van der Waals surface area contributed by atoms with E-state index >= 15 is 0 Å². The van der Waals surface area contributed by atoms with Crippen molar-refractivity contribution >= 4 is 27.5 Å². The Labute approximate surface area is 132 Å². The average molecular weight is 348 g/mol. The van der Waals surface area contributed by atoms with Crippen molar-refractivity contribution in [2.75, 3.05) is 5.32 Å². The highest BCUT2D eigenvalue weighted by Gasteiger charge is 2.24. The molecule has 5 heteroatoms. The smallest absolute Gasteiger partial charge is 0.221 e. The summed E-state index contributed by atoms with van der Waals surface area (Å²) < 4.78 is 3.07. The van der Waals surface area contributed by atoms with Gasteiger partial charge in [-0.25, -0.2) is 0 Å². The molecule has 1 aliphatic rings. The summed E-state index contributed by atoms with van der Waals surface area (Å²) in [6.07, 6.45) is 4.40. The van der Waals surface area contributed by atoms with E-state index in [0.29, 0.717) is 0 Å². The molecular weight excluding hydrogens is 330 g/mol. The summed E-state index contributed by atoms with van der Waals surface area (Å²) in [5.41, 5.74) is 3.98. The lowest BCUT2D eigenvalue weighted by Gasteiger charge is -2.14. The summed E-state index contributed by atoms with van der Waals surface area (Å²) in [7, 11) is 0. The first-order valence-electron chi connectivity index (χ1n) is 7.14. The van der Waals surface area contributed by atoms with E-state index in [1.54, 1.807) is 0 Å². The fraction of sp³-hybridized carbons (Fsp3) is 0.375. The predicted octanol–water partition coefficient (Wildman–Crippen LogP) is 3.99. The predicted molar refractivity (Wildman–Crippen MR) is 87.1 cm³/mol. The molecule has 21 heavy (non-hydrogen) atoms. The van der Waals surface area contributed by atoms with Gasteiger partial charge in [-0.3, -0.25) is 9.48 Å². The van der Waals surface area contributed by atoms with Crippen LogP contribution >= 0.6 is 15.9 Å². The number of aryl methyl sites for hydroxylation is 1. The van der Waals surface area contributed by atoms with E-state index in [4.69, 9.17) is 0 Å². The monoisotopic (exact) mass is 347 g/mol. The molecular formula is C16H18BrN3O. The van der Waals surface area contributed by atoms with Gasteiger partial charge in [-0.15, -0.1) is 0 Å². The highest BCUT2D eigenvalue weighted by Crippen LogP contribution is 2.36. The number of carbonyl (C=O) groups is 1. The lowest BCUT2D eigenvalue weighted by molar-refractivity contribution is -0.114. The zero-order valence-corrected chi connectivity index (χ0v) is 13.8. The van der Waals surface area contributed by atoms with Crippen molar-refractivity contribution < 1.29 is 4.79 Å². The minimum Gasteiger partial charge on any atom is -0.326 e. The zero-order chi connectivity index (χ0) is 15.0. The molecule has 0 atom stereocenters. The van der Waals surface area contributed by atoms with E-state index in [9.17, 15) is 4.79 Å². The van der Waals surface area contributed by atoms with Crippen molar-refractivity contribution in [3.63, 3.8) is 0 Å². The van der Waals surface area contributed by atoms with Crippen molar-refractivity contribution in [3.05, 3.63) is 34.4 Å². The Morgan fingerprint density at radius 3 is 2.90 bits per heavy atom. The number of nitrogens with zero attached hydrogens (tertiary/aromatic N) is 2. The molecule has 1 saturated carbocycles. The summed E-state index contributed by atoms with van der Waals surface area (Å²) in [6.45, 7) is 4.50. The van der Waals surface area contributed by atoms with Crippen LogP contribution in [0.4, 0.5) is 5.69 Å². The Bertz CT molecular complexity index is 689. The van der Waals surface area contributed by atoms with Crippen molar-refractivity contribution in [2.45, 2.75) is 33.2 Å². The van der Waals surface area contributed by atoms with Crippen molar-refractivity contribution in [1.29, 1.82) is 0 Å². The van der Waals surface area contributed by atoms with Crippen LogP contribution < -0.4 is 5.32 Å². The maximum absolute atomic E-state index is 11.5. The van der Waals surface area contributed by atoms with Gasteiger partial charge < -0.3 is 5.32 Å². The first-order valence-corrected chi connectivity index (χ1v) is 7.94. The summed E-state index contributed by atoms with van der Waals surface area (Å²) in [5, 5.41) is 7.36. The maximum atomic E-state index is 11.5. The first kappa shape index (κ1) is 14.3. The highest BCUT2D eigenvalue weighted by atomic mass is 79.9. The molecule has 0 unspecified atom stereocenters. The number of anilines is 1. The average Bonchev–Trinajstić information content (AvgIpc) is 3.10. The molecule has 1 aliphatic carbocycles. The van der Waals surface area contributed by atoms with E-state index in [0.717, 1.165) is 39.4 Å². The molecule has 1 amide bonds. The first-order chi connectivity index (χ1) is 10.0. The van der Waals surface area contributed by atoms with Gasteiger partial charge in [0.2, 0.25) is 5.91 Å². The lowest BCUT2D eigenvalue weighted by atomic mass is 10.1. The molecule has 0 aliphatic heterocycles. The Balaban J connectivity index is 2.05. The molecule has 0 radical (unpaired) electrons. The third kappa shape index (κ3) is 3.18. The summed E-state index contributed by atoms with van der Waals surface area (Å²) in [5.74, 6) is 0.688. The zero-order valence-electron chi connectivity index (χ0n) is 12.2. The standard InChI is InChI=1S/C16H18BrN3O/c1-10-7-15(19-11(2)21)13(8-14(10)17)16-5-6-18-20(16)9-12-3-4-12/h5-8,12H,3-4,9H2,1-2H3,(H,19,21). The molecule has 1 aromatic carbocycles. The number of benzene rings is 1. The normalized spacial score (nSPS) is 14.2. The second kappa shape index (κ2) is 5.64. The molecule has 1 N–H and O–H groups in total. The van der Waals surface area contributed by atoms with E-state index in [1.807, 2.05) is 29.9 Å². The van der Waals surface area contributed by atoms with E-state index in [1.165, 1.54) is 19.8 Å². The number of hydrogen-bond acceptors (Lipinski definition) is 2. The molecule has 2 aromatic rings. The number of rotatable bonds is 4. The number of carbonyl (C=O) groups excluding carboxylic acids is 1. The maximum Gasteiger partial charge on any atom is 0.221 e. The molecule has 1 aromatic heterocycles. The quantitative estimate of drug-likeness (QED) is 0.908. The van der Waals surface area contributed by atoms with E-state index in [-0.39, 0.29) is 5.91 Å². The highest BCUT2D eigenvalue weighted by molar-refractivity contribution is 9.10. The minimum absolute atomic E-state index is 0.0637. The fourth-order valence-corrected chi connectivity index (χ4v) is 2.78. The Morgan fingerprint density at radius 1 is 1.48 bits per heavy atom. The minimum atomic E-state index is -0.0637. The molecule has 0 saturated heterocycles. The van der Waals surface area contributed by atoms with E-state index < -0.39 is 0 Å². The van der Waals surface area contributed by atoms with Gasteiger partial charge in [-0.1, -0.05) is 15.9 Å². The van der Waals surface area contributed by atoms with Gasteiger partial charge in [0.1, 0.15) is 0 Å². The van der Waals surface area contributed by atoms with Gasteiger partial charge >= 0.3 is 0 Å². The van der Waals surface area contributed by atoms with Crippen molar-refractivity contribution in [2.24, 2.45) is 5.92 Å². The molecule has 1 fully saturated rings. The molecule has 110 valence electrons. The van der Waals surface area contributed by atoms with Crippen LogP contribution in [0.15, 0.2) is 28.9 Å². The van der Waals surface area contributed by atoms with Gasteiger partial charge in [-0.05, 0) is 49.4 Å². The molecule has 3 rings (SSSR count). The van der Waals surface area contributed by atoms with Gasteiger partial charge in [-0.2, -0.15) is 5.10 Å². The van der Waals surface area contributed by atoms with Crippen LogP contribution in [0.1, 0.15) is 25.3 Å². The third-order valence-electron chi connectivity index (χ3n) is 3.73. The number of halogens is 1. The number of aromatic nitrogens is 2. The molecule has 0 spiro atoms. The number of amides is 1. The largest absolute Gasteiger partial charge is 0.326 e. The van der Waals surface area contributed by atoms with Crippen LogP contribution in [-0.4, -0.2) is 15.7 Å². The van der Waals surface area contributed by atoms with Crippen molar-refractivity contribution in [1.82, 2.24) is 9.78 Å². The lowest BCUT2D eigenvalue weighted by Crippen LogP contribution is -2.09. The van der Waals surface area contributed by atoms with Crippen LogP contribution in [0.5, 0.6) is 0 Å². The SMILES string of the molecule is CC(=O)Nc1cc(C)c(Br)cc1-c1ccnn1CC1CC1. The third-order valence-corrected chi connectivity index (χ3v) is 4.58. The Kier molecular flexibility index (Phi) is 3.85. The van der Waals surface area contributed by atoms with Gasteiger partial charge in [0.05, 0.1) is 11.4 Å². The Morgan fingerprint density at radius 2 is 2.24 bits per heavy atom. The van der Waals surface area contributed by atoms with Gasteiger partial charge in [0.25, 0.3) is 0 Å². The van der Waals surface area contributed by atoms with Crippen LogP contribution in [0.3, 0.4) is 0 Å². The van der Waals surface area contributed by atoms with E-state index in [2.05, 4.69) is 32.4 Å². The van der Waals surface area contributed by atoms with Crippen LogP contribution in [-0.2, 0) is 11.3 Å². The molecule has 1 heterocycles. The van der Waals surface area contributed by atoms with Crippen molar-refractivity contribution in [3.8, 4) is 11.3 Å². The van der Waals surface area contributed by atoms with Crippen LogP contribution in [0.2, 0.25) is 0 Å². The summed E-state index contributed by atoms with van der Waals surface area (Å²) >= 11 is 3.58. The second-order valence-electron chi connectivity index (χ2n) is 5.67.